The largest absolute Gasteiger partial charge is 0.496 e. The van der Waals surface area contributed by atoms with Crippen molar-refractivity contribution < 1.29 is 19.1 Å². The molecule has 3 N–H and O–H groups in total. The molecule has 0 bridgehead atoms. The van der Waals surface area contributed by atoms with Gasteiger partial charge in [0.05, 0.1) is 18.8 Å². The second-order valence-electron chi connectivity index (χ2n) is 5.76. The summed E-state index contributed by atoms with van der Waals surface area (Å²) >= 11 is 5.04. The minimum atomic E-state index is -0.448. The molecule has 0 radical (unpaired) electrons. The van der Waals surface area contributed by atoms with Crippen molar-refractivity contribution in [2.24, 2.45) is 0 Å². The zero-order valence-corrected chi connectivity index (χ0v) is 16.1. The number of amides is 2. The second-order valence-corrected chi connectivity index (χ2v) is 6.17. The van der Waals surface area contributed by atoms with Crippen LogP contribution < -0.4 is 25.6 Å². The third-order valence-electron chi connectivity index (χ3n) is 3.34. The predicted octanol–water partition coefficient (Wildman–Crippen LogP) is 2.43. The fourth-order valence-electron chi connectivity index (χ4n) is 2.20. The molecule has 0 unspecified atom stereocenters. The van der Waals surface area contributed by atoms with Crippen molar-refractivity contribution in [2.45, 2.75) is 20.0 Å². The van der Waals surface area contributed by atoms with E-state index in [-0.39, 0.29) is 11.2 Å². The Morgan fingerprint density at radius 3 is 2.44 bits per heavy atom. The van der Waals surface area contributed by atoms with Gasteiger partial charge in [-0.2, -0.15) is 0 Å². The number of hydrogen-bond donors (Lipinski definition) is 3. The maximum atomic E-state index is 12.3. The molecule has 142 valence electrons. The van der Waals surface area contributed by atoms with E-state index in [2.05, 4.69) is 16.2 Å². The Morgan fingerprint density at radius 2 is 1.74 bits per heavy atom. The first kappa shape index (κ1) is 20.2. The molecule has 2 amide bonds. The highest BCUT2D eigenvalue weighted by Gasteiger charge is 2.13. The van der Waals surface area contributed by atoms with Crippen LogP contribution in [0.5, 0.6) is 11.5 Å². The van der Waals surface area contributed by atoms with Crippen LogP contribution in [0.15, 0.2) is 48.5 Å². The Hall–Kier alpha value is -3.13. The van der Waals surface area contributed by atoms with E-state index in [1.165, 1.54) is 7.11 Å². The molecule has 2 rings (SSSR count). The fraction of sp³-hybridized carbons (Fsp3) is 0.211. The highest BCUT2D eigenvalue weighted by atomic mass is 32.1. The Balaban J connectivity index is 1.92. The smallest absolute Gasteiger partial charge is 0.273 e. The van der Waals surface area contributed by atoms with Crippen molar-refractivity contribution in [1.82, 2.24) is 16.2 Å². The first-order chi connectivity index (χ1) is 12.9. The van der Waals surface area contributed by atoms with Crippen molar-refractivity contribution in [3.05, 3.63) is 59.7 Å². The molecule has 0 atom stereocenters. The Kier molecular flexibility index (Phi) is 7.13. The molecular weight excluding hydrogens is 366 g/mol. The lowest BCUT2D eigenvalue weighted by molar-refractivity contribution is 0.0932. The molecule has 27 heavy (non-hydrogen) atoms. The van der Waals surface area contributed by atoms with Gasteiger partial charge in [-0.3, -0.25) is 25.8 Å². The van der Waals surface area contributed by atoms with Crippen LogP contribution in [0.3, 0.4) is 0 Å². The van der Waals surface area contributed by atoms with E-state index in [9.17, 15) is 9.59 Å². The Labute approximate surface area is 163 Å². The number of thiocarbonyl (C=S) groups is 1. The van der Waals surface area contributed by atoms with Crippen LogP contribution in [0, 0.1) is 0 Å². The zero-order valence-electron chi connectivity index (χ0n) is 15.2. The van der Waals surface area contributed by atoms with Crippen LogP contribution in [-0.4, -0.2) is 30.1 Å². The van der Waals surface area contributed by atoms with Crippen LogP contribution in [-0.2, 0) is 0 Å². The maximum absolute atomic E-state index is 12.3. The van der Waals surface area contributed by atoms with Gasteiger partial charge in [-0.15, -0.1) is 0 Å². The lowest BCUT2D eigenvalue weighted by Gasteiger charge is -2.13. The molecule has 7 nitrogen and oxygen atoms in total. The van der Waals surface area contributed by atoms with E-state index in [0.29, 0.717) is 22.6 Å². The molecule has 0 aliphatic carbocycles. The van der Waals surface area contributed by atoms with Crippen LogP contribution >= 0.6 is 12.2 Å². The normalized spacial score (nSPS) is 10.1. The summed E-state index contributed by atoms with van der Waals surface area (Å²) in [5, 5.41) is 2.45. The number of carbonyl (C=O) groups excluding carboxylic acids is 2. The molecule has 0 spiro atoms. The molecule has 0 aliphatic rings. The summed E-state index contributed by atoms with van der Waals surface area (Å²) in [5.41, 5.74) is 5.63. The number of rotatable bonds is 5. The Morgan fingerprint density at radius 1 is 1.00 bits per heavy atom. The van der Waals surface area contributed by atoms with E-state index in [1.54, 1.807) is 48.5 Å². The second kappa shape index (κ2) is 9.54. The maximum Gasteiger partial charge on any atom is 0.273 e. The van der Waals surface area contributed by atoms with E-state index < -0.39 is 11.8 Å². The number of nitrogens with one attached hydrogen (secondary N) is 3. The van der Waals surface area contributed by atoms with E-state index in [0.717, 1.165) is 0 Å². The number of hydrogen-bond acceptors (Lipinski definition) is 5. The molecule has 8 heteroatoms. The van der Waals surface area contributed by atoms with Gasteiger partial charge < -0.3 is 9.47 Å². The lowest BCUT2D eigenvalue weighted by Crippen LogP contribution is -2.48. The van der Waals surface area contributed by atoms with Crippen LogP contribution in [0.2, 0.25) is 0 Å². The quantitative estimate of drug-likeness (QED) is 0.539. The number of ether oxygens (including phenoxy) is 2. The van der Waals surface area contributed by atoms with Gasteiger partial charge in [0.25, 0.3) is 11.8 Å². The van der Waals surface area contributed by atoms with E-state index in [4.69, 9.17) is 21.7 Å². The predicted molar refractivity (Wildman–Crippen MR) is 106 cm³/mol. The molecular formula is C19H21N3O4S. The van der Waals surface area contributed by atoms with Crippen molar-refractivity contribution in [1.29, 1.82) is 0 Å². The van der Waals surface area contributed by atoms with Gasteiger partial charge in [-0.05, 0) is 56.4 Å². The number of para-hydroxylation sites is 1. The summed E-state index contributed by atoms with van der Waals surface area (Å²) in [7, 11) is 1.47. The van der Waals surface area contributed by atoms with Gasteiger partial charge in [0.15, 0.2) is 5.11 Å². The average molecular weight is 387 g/mol. The monoisotopic (exact) mass is 387 g/mol. The molecule has 0 fully saturated rings. The number of benzene rings is 2. The summed E-state index contributed by atoms with van der Waals surface area (Å²) in [5.74, 6) is 0.138. The molecule has 0 saturated carbocycles. The van der Waals surface area contributed by atoms with Gasteiger partial charge >= 0.3 is 0 Å². The minimum absolute atomic E-state index is 0.00348. The van der Waals surface area contributed by atoms with Crippen molar-refractivity contribution in [3.63, 3.8) is 0 Å². The van der Waals surface area contributed by atoms with Gasteiger partial charge in [-0.1, -0.05) is 18.2 Å². The third-order valence-corrected chi connectivity index (χ3v) is 3.54. The first-order valence-electron chi connectivity index (χ1n) is 8.22. The summed E-state index contributed by atoms with van der Waals surface area (Å²) in [6, 6.07) is 13.5. The standard InChI is InChI=1S/C19H21N3O4S/c1-12(2)26-14-8-6-7-13(11-14)17(23)20-19(27)22-21-18(24)15-9-4-5-10-16(15)25-3/h4-12H,1-3H3,(H,21,24)(H2,20,22,23,27). The number of carbonyl (C=O) groups is 2. The topological polar surface area (TPSA) is 88.7 Å². The van der Waals surface area contributed by atoms with Gasteiger partial charge in [0, 0.05) is 5.56 Å². The Bertz CT molecular complexity index is 839. The summed E-state index contributed by atoms with van der Waals surface area (Å²) in [4.78, 5) is 24.5. The third kappa shape index (κ3) is 5.96. The molecule has 2 aromatic carbocycles. The molecule has 2 aromatic rings. The minimum Gasteiger partial charge on any atom is -0.496 e. The van der Waals surface area contributed by atoms with Crippen LogP contribution in [0.1, 0.15) is 34.6 Å². The van der Waals surface area contributed by atoms with E-state index >= 15 is 0 Å². The highest BCUT2D eigenvalue weighted by molar-refractivity contribution is 7.80. The molecule has 0 aromatic heterocycles. The zero-order chi connectivity index (χ0) is 19.8. The van der Waals surface area contributed by atoms with Crippen molar-refractivity contribution >= 4 is 29.1 Å². The SMILES string of the molecule is COc1ccccc1C(=O)NNC(=S)NC(=O)c1cccc(OC(C)C)c1. The fourth-order valence-corrected chi connectivity index (χ4v) is 2.35. The lowest BCUT2D eigenvalue weighted by atomic mass is 10.2. The summed E-state index contributed by atoms with van der Waals surface area (Å²) in [6.07, 6.45) is -0.00348. The summed E-state index contributed by atoms with van der Waals surface area (Å²) < 4.78 is 10.7. The highest BCUT2D eigenvalue weighted by Crippen LogP contribution is 2.16. The average Bonchev–Trinajstić information content (AvgIpc) is 2.65. The number of methoxy groups -OCH3 is 1. The van der Waals surface area contributed by atoms with Gasteiger partial charge in [-0.25, -0.2) is 0 Å². The molecule has 0 heterocycles. The van der Waals surface area contributed by atoms with Gasteiger partial charge in [0.2, 0.25) is 0 Å². The van der Waals surface area contributed by atoms with E-state index in [1.807, 2.05) is 13.8 Å². The number of hydrazine groups is 1. The summed E-state index contributed by atoms with van der Waals surface area (Å²) in [6.45, 7) is 3.80. The van der Waals surface area contributed by atoms with Crippen molar-refractivity contribution in [2.75, 3.05) is 7.11 Å². The van der Waals surface area contributed by atoms with Crippen LogP contribution in [0.25, 0.3) is 0 Å². The molecule has 0 aliphatic heterocycles. The van der Waals surface area contributed by atoms with Crippen LogP contribution in [0.4, 0.5) is 0 Å². The van der Waals surface area contributed by atoms with Gasteiger partial charge in [0.1, 0.15) is 11.5 Å². The van der Waals surface area contributed by atoms with Crippen molar-refractivity contribution in [3.8, 4) is 11.5 Å². The molecule has 0 saturated heterocycles. The first-order valence-corrected chi connectivity index (χ1v) is 8.63.